The number of nitrogens with zero attached hydrogens (tertiary/aromatic N) is 1. The lowest BCUT2D eigenvalue weighted by molar-refractivity contribution is -0.138. The fourth-order valence-electron chi connectivity index (χ4n) is 2.04. The van der Waals surface area contributed by atoms with Crippen LogP contribution in [0.25, 0.3) is 6.08 Å². The van der Waals surface area contributed by atoms with Crippen molar-refractivity contribution in [1.29, 1.82) is 0 Å². The quantitative estimate of drug-likeness (QED) is 0.467. The van der Waals surface area contributed by atoms with Crippen LogP contribution in [-0.2, 0) is 15.8 Å². The Balaban J connectivity index is 2.17. The van der Waals surface area contributed by atoms with Crippen LogP contribution in [0.3, 0.4) is 0 Å². The monoisotopic (exact) mass is 393 g/mol. The summed E-state index contributed by atoms with van der Waals surface area (Å²) in [6, 6.07) is 2.02. The van der Waals surface area contributed by atoms with Crippen molar-refractivity contribution >= 4 is 46.3 Å². The first-order valence-electron chi connectivity index (χ1n) is 6.93. The molecule has 0 aliphatic carbocycles. The molecule has 1 N–H and O–H groups in total. The van der Waals surface area contributed by atoms with Gasteiger partial charge in [-0.05, 0) is 24.6 Å². The van der Waals surface area contributed by atoms with Crippen molar-refractivity contribution < 1.29 is 32.3 Å². The van der Waals surface area contributed by atoms with Crippen molar-refractivity contribution in [2.24, 2.45) is 0 Å². The van der Waals surface area contributed by atoms with Gasteiger partial charge in [0, 0.05) is 18.5 Å². The summed E-state index contributed by atoms with van der Waals surface area (Å²) in [5.41, 5.74) is -1.29. The summed E-state index contributed by atoms with van der Waals surface area (Å²) in [5, 5.41) is 8.60. The predicted molar refractivity (Wildman–Crippen MR) is 88.2 cm³/mol. The van der Waals surface area contributed by atoms with Gasteiger partial charge in [-0.15, -0.1) is 0 Å². The first-order valence-corrected chi connectivity index (χ1v) is 8.16. The van der Waals surface area contributed by atoms with Crippen molar-refractivity contribution in [3.8, 4) is 0 Å². The number of alkyl halides is 3. The summed E-state index contributed by atoms with van der Waals surface area (Å²) in [6.45, 7) is 0.101. The fraction of sp³-hybridized carbons (Fsp3) is 0.267. The Bertz CT molecular complexity index is 762. The predicted octanol–water partition coefficient (Wildman–Crippen LogP) is 3.91. The first-order chi connectivity index (χ1) is 11.6. The van der Waals surface area contributed by atoms with E-state index in [1.54, 1.807) is 0 Å². The Kier molecular flexibility index (Phi) is 5.83. The number of carbonyl (C=O) groups is 2. The lowest BCUT2D eigenvalue weighted by atomic mass is 10.1. The zero-order valence-corrected chi connectivity index (χ0v) is 14.1. The number of benzene rings is 1. The van der Waals surface area contributed by atoms with Crippen molar-refractivity contribution in [2.45, 2.75) is 19.0 Å². The number of rotatable bonds is 5. The molecule has 1 amide bonds. The van der Waals surface area contributed by atoms with E-state index in [0.29, 0.717) is 6.07 Å². The summed E-state index contributed by atoms with van der Waals surface area (Å²) < 4.78 is 51.7. The van der Waals surface area contributed by atoms with Gasteiger partial charge >= 0.3 is 12.1 Å². The topological polar surface area (TPSA) is 57.6 Å². The number of hydrogen-bond donors (Lipinski definition) is 1. The maximum Gasteiger partial charge on any atom is 0.416 e. The van der Waals surface area contributed by atoms with Gasteiger partial charge in [0.25, 0.3) is 5.91 Å². The summed E-state index contributed by atoms with van der Waals surface area (Å²) in [4.78, 5) is 24.0. The highest BCUT2D eigenvalue weighted by molar-refractivity contribution is 8.26. The molecule has 0 saturated carbocycles. The number of carboxylic acids is 1. The minimum Gasteiger partial charge on any atom is -0.481 e. The zero-order chi connectivity index (χ0) is 18.8. The number of hydrogen-bond acceptors (Lipinski definition) is 4. The van der Waals surface area contributed by atoms with E-state index in [2.05, 4.69) is 0 Å². The van der Waals surface area contributed by atoms with Crippen molar-refractivity contribution in [2.75, 3.05) is 6.54 Å². The molecule has 0 spiro atoms. The molecule has 134 valence electrons. The molecule has 4 nitrogen and oxygen atoms in total. The van der Waals surface area contributed by atoms with Crippen molar-refractivity contribution in [1.82, 2.24) is 4.90 Å². The summed E-state index contributed by atoms with van der Waals surface area (Å²) in [7, 11) is 0. The number of carboxylic acid groups (broad SMARTS) is 1. The van der Waals surface area contributed by atoms with Crippen LogP contribution >= 0.6 is 24.0 Å². The van der Waals surface area contributed by atoms with E-state index < -0.39 is 29.4 Å². The van der Waals surface area contributed by atoms with Gasteiger partial charge in [0.1, 0.15) is 10.1 Å². The number of thioether (sulfide) groups is 1. The molecule has 1 fully saturated rings. The third-order valence-electron chi connectivity index (χ3n) is 3.26. The van der Waals surface area contributed by atoms with Crippen LogP contribution < -0.4 is 0 Å². The smallest absolute Gasteiger partial charge is 0.416 e. The fourth-order valence-corrected chi connectivity index (χ4v) is 3.34. The standard InChI is InChI=1S/C15H11F4NO3S2/c16-10-7-9(15(17,18)19)4-3-8(10)6-11-13(23)20(14(24)25-11)5-1-2-12(21)22/h3-4,6-7H,1-2,5H2,(H,21,22)/b11-6-. The van der Waals surface area contributed by atoms with E-state index in [1.807, 2.05) is 0 Å². The number of amides is 1. The normalized spacial score (nSPS) is 16.8. The second-order valence-corrected chi connectivity index (χ2v) is 6.74. The molecule has 1 aliphatic rings. The maximum absolute atomic E-state index is 13.9. The van der Waals surface area contributed by atoms with Crippen LogP contribution in [0.1, 0.15) is 24.0 Å². The largest absolute Gasteiger partial charge is 0.481 e. The molecule has 1 saturated heterocycles. The highest BCUT2D eigenvalue weighted by atomic mass is 32.2. The van der Waals surface area contributed by atoms with Gasteiger partial charge in [-0.2, -0.15) is 13.2 Å². The van der Waals surface area contributed by atoms with E-state index in [1.165, 1.54) is 4.90 Å². The summed E-state index contributed by atoms with van der Waals surface area (Å²) in [6.07, 6.45) is -3.47. The van der Waals surface area contributed by atoms with Crippen LogP contribution in [0, 0.1) is 5.82 Å². The van der Waals surface area contributed by atoms with Crippen LogP contribution in [0.2, 0.25) is 0 Å². The molecule has 1 aromatic rings. The Morgan fingerprint density at radius 2 is 2.04 bits per heavy atom. The van der Waals surface area contributed by atoms with Crippen LogP contribution in [0.5, 0.6) is 0 Å². The van der Waals surface area contributed by atoms with Crippen molar-refractivity contribution in [3.05, 3.63) is 40.0 Å². The molecule has 2 rings (SSSR count). The van der Waals surface area contributed by atoms with Crippen LogP contribution in [-0.4, -0.2) is 32.7 Å². The van der Waals surface area contributed by atoms with Crippen LogP contribution in [0.15, 0.2) is 23.1 Å². The number of thiocarbonyl (C=S) groups is 1. The molecule has 25 heavy (non-hydrogen) atoms. The van der Waals surface area contributed by atoms with Gasteiger partial charge in [-0.3, -0.25) is 14.5 Å². The SMILES string of the molecule is O=C(O)CCCN1C(=O)/C(=C/c2ccc(C(F)(F)F)cc2F)SC1=S. The highest BCUT2D eigenvalue weighted by Crippen LogP contribution is 2.34. The summed E-state index contributed by atoms with van der Waals surface area (Å²) in [5.74, 6) is -2.64. The lowest BCUT2D eigenvalue weighted by Gasteiger charge is -2.13. The lowest BCUT2D eigenvalue weighted by Crippen LogP contribution is -2.29. The zero-order valence-electron chi connectivity index (χ0n) is 12.5. The van der Waals surface area contributed by atoms with Crippen LogP contribution in [0.4, 0.5) is 17.6 Å². The molecule has 1 aromatic carbocycles. The molecule has 0 radical (unpaired) electrons. The molecular formula is C15H11F4NO3S2. The molecule has 1 aliphatic heterocycles. The third-order valence-corrected chi connectivity index (χ3v) is 4.64. The summed E-state index contributed by atoms with van der Waals surface area (Å²) >= 11 is 5.92. The number of aliphatic carboxylic acids is 1. The van der Waals surface area contributed by atoms with E-state index in [-0.39, 0.29) is 34.2 Å². The third kappa shape index (κ3) is 4.79. The molecule has 1 heterocycles. The number of carbonyl (C=O) groups excluding carboxylic acids is 1. The second-order valence-electron chi connectivity index (χ2n) is 5.06. The maximum atomic E-state index is 13.9. The molecule has 0 bridgehead atoms. The number of halogens is 4. The van der Waals surface area contributed by atoms with Gasteiger partial charge < -0.3 is 5.11 Å². The minimum absolute atomic E-state index is 0.0685. The Hall–Kier alpha value is -1.94. The average Bonchev–Trinajstić information content (AvgIpc) is 2.75. The Morgan fingerprint density at radius 1 is 1.36 bits per heavy atom. The molecule has 10 heteroatoms. The molecule has 0 unspecified atom stereocenters. The van der Waals surface area contributed by atoms with Gasteiger partial charge in [0.2, 0.25) is 0 Å². The first kappa shape index (κ1) is 19.4. The molecular weight excluding hydrogens is 382 g/mol. The van der Waals surface area contributed by atoms with Gasteiger partial charge in [0.05, 0.1) is 10.5 Å². The van der Waals surface area contributed by atoms with E-state index in [0.717, 1.165) is 30.0 Å². The minimum atomic E-state index is -4.66. The van der Waals surface area contributed by atoms with Gasteiger partial charge in [-0.25, -0.2) is 4.39 Å². The van der Waals surface area contributed by atoms with E-state index >= 15 is 0 Å². The molecule has 0 atom stereocenters. The van der Waals surface area contributed by atoms with E-state index in [4.69, 9.17) is 17.3 Å². The van der Waals surface area contributed by atoms with E-state index in [9.17, 15) is 27.2 Å². The average molecular weight is 393 g/mol. The van der Waals surface area contributed by atoms with Crippen molar-refractivity contribution in [3.63, 3.8) is 0 Å². The molecule has 0 aromatic heterocycles. The second kappa shape index (κ2) is 7.52. The van der Waals surface area contributed by atoms with Gasteiger partial charge in [-0.1, -0.05) is 30.0 Å². The Morgan fingerprint density at radius 3 is 2.60 bits per heavy atom. The van der Waals surface area contributed by atoms with Gasteiger partial charge in [0.15, 0.2) is 0 Å². The Labute approximate surface area is 149 Å². The highest BCUT2D eigenvalue weighted by Gasteiger charge is 2.33.